The molecule has 1 fully saturated rings. The molecule has 0 unspecified atom stereocenters. The number of hydrogen-bond donors (Lipinski definition) is 2. The van der Waals surface area contributed by atoms with E-state index in [4.69, 9.17) is 0 Å². The minimum absolute atomic E-state index is 0.00375. The van der Waals surface area contributed by atoms with E-state index < -0.39 is 0 Å². The van der Waals surface area contributed by atoms with Gasteiger partial charge in [-0.2, -0.15) is 0 Å². The predicted octanol–water partition coefficient (Wildman–Crippen LogP) is -0.582. The highest BCUT2D eigenvalue weighted by molar-refractivity contribution is 5.88. The number of methoxy groups -OCH3 is 1. The second-order valence-corrected chi connectivity index (χ2v) is 3.34. The zero-order valence-corrected chi connectivity index (χ0v) is 8.34. The molecule has 1 saturated heterocycles. The fraction of sp³-hybridized carbons (Fsp3) is 0.778. The Bertz CT molecular complexity index is 218. The molecule has 0 spiro atoms. The molecule has 1 heterocycles. The van der Waals surface area contributed by atoms with Gasteiger partial charge in [-0.15, -0.1) is 0 Å². The van der Waals surface area contributed by atoms with Gasteiger partial charge in [0.25, 0.3) is 0 Å². The first kappa shape index (κ1) is 11.0. The van der Waals surface area contributed by atoms with Crippen LogP contribution < -0.4 is 10.6 Å². The van der Waals surface area contributed by atoms with Gasteiger partial charge in [0.05, 0.1) is 0 Å². The number of ether oxygens (including phenoxy) is 1. The van der Waals surface area contributed by atoms with Crippen LogP contribution in [-0.4, -0.2) is 38.1 Å². The first-order valence-electron chi connectivity index (χ1n) is 4.80. The van der Waals surface area contributed by atoms with E-state index in [0.29, 0.717) is 13.0 Å². The van der Waals surface area contributed by atoms with Gasteiger partial charge in [0, 0.05) is 13.7 Å². The second kappa shape index (κ2) is 5.59. The lowest BCUT2D eigenvalue weighted by Crippen LogP contribution is -2.46. The number of nitrogens with one attached hydrogen (secondary N) is 2. The third-order valence-corrected chi connectivity index (χ3v) is 2.15. The van der Waals surface area contributed by atoms with Gasteiger partial charge in [-0.05, 0) is 19.3 Å². The van der Waals surface area contributed by atoms with Crippen molar-refractivity contribution in [2.45, 2.75) is 25.3 Å². The zero-order chi connectivity index (χ0) is 10.4. The molecule has 1 aliphatic heterocycles. The monoisotopic (exact) mass is 200 g/mol. The van der Waals surface area contributed by atoms with Crippen LogP contribution in [0, 0.1) is 0 Å². The molecule has 0 radical (unpaired) electrons. The van der Waals surface area contributed by atoms with Crippen LogP contribution in [0.1, 0.15) is 19.3 Å². The molecule has 2 N–H and O–H groups in total. The molecule has 0 aromatic rings. The zero-order valence-electron chi connectivity index (χ0n) is 8.34. The lowest BCUT2D eigenvalue weighted by Gasteiger charge is -2.14. The number of rotatable bonds is 3. The first-order valence-corrected chi connectivity index (χ1v) is 4.80. The molecule has 0 aliphatic carbocycles. The van der Waals surface area contributed by atoms with Crippen LogP contribution in [0.5, 0.6) is 0 Å². The quantitative estimate of drug-likeness (QED) is 0.640. The summed E-state index contributed by atoms with van der Waals surface area (Å²) < 4.78 is 4.67. The third kappa shape index (κ3) is 3.33. The minimum atomic E-state index is -0.389. The summed E-state index contributed by atoms with van der Waals surface area (Å²) >= 11 is 0. The van der Waals surface area contributed by atoms with E-state index in [0.717, 1.165) is 12.8 Å². The molecule has 0 saturated carbocycles. The van der Waals surface area contributed by atoms with Crippen molar-refractivity contribution in [2.75, 3.05) is 20.3 Å². The topological polar surface area (TPSA) is 67.4 Å². The molecule has 5 nitrogen and oxygen atoms in total. The van der Waals surface area contributed by atoms with Crippen LogP contribution in [0.4, 0.5) is 0 Å². The second-order valence-electron chi connectivity index (χ2n) is 3.34. The molecule has 0 aromatic heterocycles. The van der Waals surface area contributed by atoms with E-state index in [1.54, 1.807) is 0 Å². The largest absolute Gasteiger partial charge is 0.375 e. The summed E-state index contributed by atoms with van der Waals surface area (Å²) in [7, 11) is 1.45. The fourth-order valence-electron chi connectivity index (χ4n) is 1.44. The lowest BCUT2D eigenvalue weighted by molar-refractivity contribution is -0.130. The Kier molecular flexibility index (Phi) is 4.39. The Hall–Kier alpha value is -1.10. The molecule has 0 bridgehead atoms. The normalized spacial score (nSPS) is 22.4. The first-order chi connectivity index (χ1) is 6.74. The number of carbonyl (C=O) groups is 2. The molecular weight excluding hydrogens is 184 g/mol. The van der Waals surface area contributed by atoms with E-state index in [1.165, 1.54) is 7.11 Å². The lowest BCUT2D eigenvalue weighted by atomic mass is 10.1. The summed E-state index contributed by atoms with van der Waals surface area (Å²) in [6.45, 7) is 0.708. The van der Waals surface area contributed by atoms with Crippen LogP contribution in [0.25, 0.3) is 0 Å². The van der Waals surface area contributed by atoms with Gasteiger partial charge >= 0.3 is 0 Å². The van der Waals surface area contributed by atoms with Crippen molar-refractivity contribution in [1.29, 1.82) is 0 Å². The summed E-state index contributed by atoms with van der Waals surface area (Å²) in [6.07, 6.45) is 2.64. The van der Waals surface area contributed by atoms with Gasteiger partial charge in [0.15, 0.2) is 0 Å². The van der Waals surface area contributed by atoms with Crippen molar-refractivity contribution in [2.24, 2.45) is 0 Å². The molecule has 1 rings (SSSR count). The van der Waals surface area contributed by atoms with Gasteiger partial charge in [0.1, 0.15) is 12.6 Å². The molecule has 2 amide bonds. The number of amides is 2. The van der Waals surface area contributed by atoms with Crippen molar-refractivity contribution in [3.05, 3.63) is 0 Å². The van der Waals surface area contributed by atoms with Gasteiger partial charge in [-0.25, -0.2) is 0 Å². The summed E-state index contributed by atoms with van der Waals surface area (Å²) in [5.41, 5.74) is 0. The summed E-state index contributed by atoms with van der Waals surface area (Å²) in [4.78, 5) is 22.5. The standard InChI is InChI=1S/C9H16N2O3/c1-14-6-8(12)11-7-4-2-3-5-10-9(7)13/h7H,2-6H2,1H3,(H,10,13)(H,11,12)/t7-/m1/s1. The number of carbonyl (C=O) groups excluding carboxylic acids is 2. The molecule has 80 valence electrons. The maximum atomic E-state index is 11.4. The molecule has 1 atom stereocenters. The third-order valence-electron chi connectivity index (χ3n) is 2.15. The van der Waals surface area contributed by atoms with Gasteiger partial charge < -0.3 is 15.4 Å². The van der Waals surface area contributed by atoms with Crippen LogP contribution in [0.2, 0.25) is 0 Å². The SMILES string of the molecule is COCC(=O)N[C@@H]1CCCCNC1=O. The van der Waals surface area contributed by atoms with E-state index in [-0.39, 0.29) is 24.5 Å². The Morgan fingerprint density at radius 1 is 1.64 bits per heavy atom. The predicted molar refractivity (Wildman–Crippen MR) is 50.7 cm³/mol. The maximum Gasteiger partial charge on any atom is 0.246 e. The van der Waals surface area contributed by atoms with Crippen molar-refractivity contribution in [1.82, 2.24) is 10.6 Å². The molecule has 14 heavy (non-hydrogen) atoms. The highest BCUT2D eigenvalue weighted by Crippen LogP contribution is 2.04. The molecule has 0 aromatic carbocycles. The minimum Gasteiger partial charge on any atom is -0.375 e. The smallest absolute Gasteiger partial charge is 0.246 e. The average molecular weight is 200 g/mol. The van der Waals surface area contributed by atoms with E-state index in [1.807, 2.05) is 0 Å². The van der Waals surface area contributed by atoms with Gasteiger partial charge in [-0.1, -0.05) is 0 Å². The number of hydrogen-bond acceptors (Lipinski definition) is 3. The molecule has 1 aliphatic rings. The van der Waals surface area contributed by atoms with E-state index in [2.05, 4.69) is 15.4 Å². The summed E-state index contributed by atoms with van der Waals surface area (Å²) in [5.74, 6) is -0.332. The Labute approximate surface area is 83.2 Å². The van der Waals surface area contributed by atoms with Crippen LogP contribution in [0.3, 0.4) is 0 Å². The van der Waals surface area contributed by atoms with Gasteiger partial charge in [0.2, 0.25) is 11.8 Å². The highest BCUT2D eigenvalue weighted by atomic mass is 16.5. The Morgan fingerprint density at radius 2 is 2.43 bits per heavy atom. The summed E-state index contributed by atoms with van der Waals surface area (Å²) in [5, 5.41) is 5.38. The van der Waals surface area contributed by atoms with Gasteiger partial charge in [-0.3, -0.25) is 9.59 Å². The highest BCUT2D eigenvalue weighted by Gasteiger charge is 2.21. The van der Waals surface area contributed by atoms with Crippen LogP contribution in [-0.2, 0) is 14.3 Å². The van der Waals surface area contributed by atoms with Crippen LogP contribution >= 0.6 is 0 Å². The van der Waals surface area contributed by atoms with Crippen LogP contribution in [0.15, 0.2) is 0 Å². The van der Waals surface area contributed by atoms with Crippen molar-refractivity contribution in [3.63, 3.8) is 0 Å². The Balaban J connectivity index is 2.40. The fourth-order valence-corrected chi connectivity index (χ4v) is 1.44. The maximum absolute atomic E-state index is 11.4. The molecule has 5 heteroatoms. The van der Waals surface area contributed by atoms with Crippen molar-refractivity contribution >= 4 is 11.8 Å². The van der Waals surface area contributed by atoms with Crippen molar-refractivity contribution in [3.8, 4) is 0 Å². The Morgan fingerprint density at radius 3 is 3.14 bits per heavy atom. The van der Waals surface area contributed by atoms with E-state index in [9.17, 15) is 9.59 Å². The molecular formula is C9H16N2O3. The van der Waals surface area contributed by atoms with E-state index >= 15 is 0 Å². The average Bonchev–Trinajstić information content (AvgIpc) is 2.33. The van der Waals surface area contributed by atoms with Crippen molar-refractivity contribution < 1.29 is 14.3 Å². The summed E-state index contributed by atoms with van der Waals surface area (Å²) in [6, 6.07) is -0.389.